The first-order chi connectivity index (χ1) is 19.5. The van der Waals surface area contributed by atoms with E-state index in [-0.39, 0.29) is 5.91 Å². The van der Waals surface area contributed by atoms with Crippen LogP contribution in [0.2, 0.25) is 0 Å². The van der Waals surface area contributed by atoms with Crippen LogP contribution in [-0.4, -0.2) is 53.6 Å². The first-order valence-corrected chi connectivity index (χ1v) is 13.3. The summed E-state index contributed by atoms with van der Waals surface area (Å²) >= 11 is 0. The summed E-state index contributed by atoms with van der Waals surface area (Å²) in [6.45, 7) is 1.78. The number of aromatic amines is 1. The smallest absolute Gasteiger partial charge is 0.257 e. The minimum atomic E-state index is -0.119. The second-order valence-electron chi connectivity index (χ2n) is 9.94. The van der Waals surface area contributed by atoms with E-state index in [1.54, 1.807) is 26.2 Å². The van der Waals surface area contributed by atoms with Gasteiger partial charge in [-0.15, -0.1) is 0 Å². The van der Waals surface area contributed by atoms with Crippen molar-refractivity contribution < 1.29 is 14.3 Å². The van der Waals surface area contributed by atoms with Crippen LogP contribution in [0.4, 0.5) is 5.82 Å². The molecule has 0 radical (unpaired) electrons. The Morgan fingerprint density at radius 2 is 1.75 bits per heavy atom. The largest absolute Gasteiger partial charge is 0.497 e. The first kappa shape index (κ1) is 25.4. The van der Waals surface area contributed by atoms with Crippen LogP contribution < -0.4 is 14.4 Å². The van der Waals surface area contributed by atoms with Gasteiger partial charge in [0.05, 0.1) is 43.1 Å². The lowest BCUT2D eigenvalue weighted by Crippen LogP contribution is -2.34. The highest BCUT2D eigenvalue weighted by molar-refractivity contribution is 5.99. The number of carbonyl (C=O) groups is 1. The normalized spacial score (nSPS) is 12.7. The van der Waals surface area contributed by atoms with E-state index in [1.165, 1.54) is 11.1 Å². The number of pyridine rings is 1. The van der Waals surface area contributed by atoms with Crippen LogP contribution in [0.3, 0.4) is 0 Å². The number of amides is 1. The Bertz CT molecular complexity index is 1660. The maximum absolute atomic E-state index is 13.9. The Kier molecular flexibility index (Phi) is 6.82. The second kappa shape index (κ2) is 10.7. The lowest BCUT2D eigenvalue weighted by atomic mass is 9.99. The number of carbonyl (C=O) groups excluding carboxylic acids is 1. The van der Waals surface area contributed by atoms with Gasteiger partial charge >= 0.3 is 0 Å². The number of ether oxygens (including phenoxy) is 2. The molecule has 8 nitrogen and oxygen atoms in total. The maximum atomic E-state index is 13.9. The van der Waals surface area contributed by atoms with E-state index in [0.717, 1.165) is 35.4 Å². The summed E-state index contributed by atoms with van der Waals surface area (Å²) in [7, 11) is 5.07. The molecule has 8 heteroatoms. The SMILES string of the molecule is COc1ccc(OC)c(-c2ccc(C(=O)N(C)Cc3nc4ccccc4[nH]3)c(N3CCc4ccccc4C3)n2)c1. The second-order valence-corrected chi connectivity index (χ2v) is 9.94. The minimum Gasteiger partial charge on any atom is -0.497 e. The zero-order valence-electron chi connectivity index (χ0n) is 22.8. The molecular formula is C32H31N5O3. The standard InChI is InChI=1S/C32H31N5O3/c1-36(20-30-33-27-10-6-7-11-28(27)34-30)32(38)24-13-14-26(25-18-23(39-2)12-15-29(25)40-3)35-31(24)37-17-16-21-8-4-5-9-22(21)19-37/h4-15,18H,16-17,19-20H2,1-3H3,(H,33,34). The van der Waals surface area contributed by atoms with E-state index >= 15 is 0 Å². The lowest BCUT2D eigenvalue weighted by molar-refractivity contribution is 0.0782. The van der Waals surface area contributed by atoms with Crippen molar-refractivity contribution in [3.05, 3.63) is 101 Å². The zero-order chi connectivity index (χ0) is 27.6. The molecule has 0 saturated carbocycles. The Balaban J connectivity index is 1.38. The van der Waals surface area contributed by atoms with Crippen molar-refractivity contribution in [3.63, 3.8) is 0 Å². The molecule has 6 rings (SSSR count). The molecule has 0 atom stereocenters. The third-order valence-electron chi connectivity index (χ3n) is 7.39. The van der Waals surface area contributed by atoms with Gasteiger partial charge in [-0.2, -0.15) is 0 Å². The van der Waals surface area contributed by atoms with Crippen LogP contribution >= 0.6 is 0 Å². The Hall–Kier alpha value is -4.85. The summed E-state index contributed by atoms with van der Waals surface area (Å²) < 4.78 is 11.1. The fourth-order valence-corrected chi connectivity index (χ4v) is 5.28. The van der Waals surface area contributed by atoms with Gasteiger partial charge < -0.3 is 24.3 Å². The van der Waals surface area contributed by atoms with Gasteiger partial charge in [-0.1, -0.05) is 36.4 Å². The molecule has 0 fully saturated rings. The van der Waals surface area contributed by atoms with Crippen molar-refractivity contribution in [3.8, 4) is 22.8 Å². The van der Waals surface area contributed by atoms with Gasteiger partial charge in [0.1, 0.15) is 23.1 Å². The molecule has 0 unspecified atom stereocenters. The number of hydrogen-bond donors (Lipinski definition) is 1. The minimum absolute atomic E-state index is 0.119. The molecule has 1 aliphatic rings. The van der Waals surface area contributed by atoms with Gasteiger partial charge in [-0.05, 0) is 60.0 Å². The van der Waals surface area contributed by atoms with Crippen LogP contribution in [0, 0.1) is 0 Å². The van der Waals surface area contributed by atoms with E-state index in [1.807, 2.05) is 54.6 Å². The van der Waals surface area contributed by atoms with E-state index in [2.05, 4.69) is 39.1 Å². The Labute approximate surface area is 233 Å². The maximum Gasteiger partial charge on any atom is 0.257 e. The summed E-state index contributed by atoms with van der Waals surface area (Å²) in [5, 5.41) is 0. The average Bonchev–Trinajstić information content (AvgIpc) is 3.42. The van der Waals surface area contributed by atoms with Crippen LogP contribution in [0.1, 0.15) is 27.3 Å². The predicted molar refractivity (Wildman–Crippen MR) is 156 cm³/mol. The van der Waals surface area contributed by atoms with Gasteiger partial charge in [0, 0.05) is 25.7 Å². The number of H-pyrrole nitrogens is 1. The van der Waals surface area contributed by atoms with Crippen LogP contribution in [0.5, 0.6) is 11.5 Å². The number of fused-ring (bicyclic) bond motifs is 2. The number of anilines is 1. The molecular weight excluding hydrogens is 502 g/mol. The lowest BCUT2D eigenvalue weighted by Gasteiger charge is -2.32. The summed E-state index contributed by atoms with van der Waals surface area (Å²) in [6, 6.07) is 25.7. The average molecular weight is 534 g/mol. The number of nitrogens with zero attached hydrogens (tertiary/aromatic N) is 4. The highest BCUT2D eigenvalue weighted by Gasteiger charge is 2.26. The number of nitrogens with one attached hydrogen (secondary N) is 1. The molecule has 1 aliphatic heterocycles. The molecule has 5 aromatic rings. The first-order valence-electron chi connectivity index (χ1n) is 13.3. The van der Waals surface area contributed by atoms with Crippen molar-refractivity contribution >= 4 is 22.8 Å². The van der Waals surface area contributed by atoms with E-state index in [9.17, 15) is 4.79 Å². The number of rotatable bonds is 7. The molecule has 0 aliphatic carbocycles. The molecule has 40 heavy (non-hydrogen) atoms. The fraction of sp³-hybridized carbons (Fsp3) is 0.219. The van der Waals surface area contributed by atoms with Crippen LogP contribution in [0.15, 0.2) is 78.9 Å². The number of imidazole rings is 1. The summed E-state index contributed by atoms with van der Waals surface area (Å²) in [5.74, 6) is 2.65. The summed E-state index contributed by atoms with van der Waals surface area (Å²) in [5.41, 5.74) is 6.46. The van der Waals surface area contributed by atoms with Crippen molar-refractivity contribution in [2.75, 3.05) is 32.7 Å². The molecule has 1 N–H and O–H groups in total. The van der Waals surface area contributed by atoms with E-state index in [0.29, 0.717) is 41.7 Å². The van der Waals surface area contributed by atoms with Crippen molar-refractivity contribution in [2.45, 2.75) is 19.5 Å². The third-order valence-corrected chi connectivity index (χ3v) is 7.39. The summed E-state index contributed by atoms with van der Waals surface area (Å²) in [6.07, 6.45) is 0.882. The van der Waals surface area contributed by atoms with Gasteiger partial charge in [-0.25, -0.2) is 9.97 Å². The third kappa shape index (κ3) is 4.84. The number of methoxy groups -OCH3 is 2. The molecule has 0 bridgehead atoms. The number of hydrogen-bond acceptors (Lipinski definition) is 6. The topological polar surface area (TPSA) is 83.6 Å². The molecule has 0 saturated heterocycles. The number of benzene rings is 3. The highest BCUT2D eigenvalue weighted by atomic mass is 16.5. The number of para-hydroxylation sites is 2. The van der Waals surface area contributed by atoms with Crippen molar-refractivity contribution in [2.24, 2.45) is 0 Å². The Morgan fingerprint density at radius 3 is 2.55 bits per heavy atom. The summed E-state index contributed by atoms with van der Waals surface area (Å²) in [4.78, 5) is 30.9. The predicted octanol–water partition coefficient (Wildman–Crippen LogP) is 5.48. The molecule has 3 aromatic carbocycles. The van der Waals surface area contributed by atoms with Crippen molar-refractivity contribution in [1.82, 2.24) is 19.9 Å². The van der Waals surface area contributed by atoms with Gasteiger partial charge in [0.25, 0.3) is 5.91 Å². The highest BCUT2D eigenvalue weighted by Crippen LogP contribution is 2.35. The van der Waals surface area contributed by atoms with E-state index < -0.39 is 0 Å². The quantitative estimate of drug-likeness (QED) is 0.298. The molecule has 2 aromatic heterocycles. The van der Waals surface area contributed by atoms with Crippen LogP contribution in [-0.2, 0) is 19.5 Å². The Morgan fingerprint density at radius 1 is 0.950 bits per heavy atom. The van der Waals surface area contributed by atoms with Gasteiger partial charge in [0.15, 0.2) is 0 Å². The molecule has 202 valence electrons. The molecule has 3 heterocycles. The zero-order valence-corrected chi connectivity index (χ0v) is 22.8. The fourth-order valence-electron chi connectivity index (χ4n) is 5.28. The van der Waals surface area contributed by atoms with Crippen LogP contribution in [0.25, 0.3) is 22.3 Å². The van der Waals surface area contributed by atoms with Crippen molar-refractivity contribution in [1.29, 1.82) is 0 Å². The molecule has 0 spiro atoms. The monoisotopic (exact) mass is 533 g/mol. The van der Waals surface area contributed by atoms with Gasteiger partial charge in [0.2, 0.25) is 0 Å². The molecule has 1 amide bonds. The van der Waals surface area contributed by atoms with E-state index in [4.69, 9.17) is 14.5 Å². The number of aromatic nitrogens is 3. The van der Waals surface area contributed by atoms with Gasteiger partial charge in [-0.3, -0.25) is 4.79 Å².